The van der Waals surface area contributed by atoms with E-state index in [1.165, 1.54) is 6.42 Å². The van der Waals surface area contributed by atoms with E-state index in [4.69, 9.17) is 0 Å². The third-order valence-electron chi connectivity index (χ3n) is 1.80. The Morgan fingerprint density at radius 3 is 2.89 bits per heavy atom. The summed E-state index contributed by atoms with van der Waals surface area (Å²) in [6.45, 7) is 2.20. The van der Waals surface area contributed by atoms with Crippen LogP contribution in [0.4, 0.5) is 0 Å². The van der Waals surface area contributed by atoms with Crippen LogP contribution >= 0.6 is 0 Å². The summed E-state index contributed by atoms with van der Waals surface area (Å²) in [6.07, 6.45) is 1.22. The largest absolute Gasteiger partial charge is 0.177 e. The molecule has 1 N–H and O–H groups in total. The maximum Gasteiger partial charge on any atom is 0.177 e. The molecule has 1 aromatic heterocycles. The lowest BCUT2D eigenvalue weighted by atomic mass is 10.3. The average Bonchev–Trinajstić information content (AvgIpc) is 2.44. The lowest BCUT2D eigenvalue weighted by Crippen LogP contribution is -1.83. The van der Waals surface area contributed by atoms with Crippen LogP contribution in [0.2, 0.25) is 0 Å². The van der Waals surface area contributed by atoms with Crippen LogP contribution in [0.5, 0.6) is 0 Å². The molecule has 9 heavy (non-hydrogen) atoms. The quantitative estimate of drug-likeness (QED) is 0.586. The van der Waals surface area contributed by atoms with Crippen molar-refractivity contribution >= 4 is 0 Å². The molecular weight excluding hydrogens is 116 g/mol. The Hall–Kier alpha value is -0.930. The SMILES string of the molecule is C[C@H]1C[C@@H]1c1nn[nH]n1. The highest BCUT2D eigenvalue weighted by Crippen LogP contribution is 2.44. The van der Waals surface area contributed by atoms with Crippen LogP contribution in [-0.4, -0.2) is 20.6 Å². The van der Waals surface area contributed by atoms with Crippen LogP contribution < -0.4 is 0 Å². The molecule has 1 aromatic rings. The van der Waals surface area contributed by atoms with E-state index in [9.17, 15) is 0 Å². The molecule has 1 fully saturated rings. The standard InChI is InChI=1S/C5H8N4/c1-3-2-4(3)5-6-8-9-7-5/h3-4H,2H2,1H3,(H,6,7,8,9)/t3-,4-/m0/s1. The molecule has 4 nitrogen and oxygen atoms in total. The van der Waals surface area contributed by atoms with Gasteiger partial charge in [-0.25, -0.2) is 0 Å². The summed E-state index contributed by atoms with van der Waals surface area (Å²) in [5, 5.41) is 13.7. The monoisotopic (exact) mass is 124 g/mol. The Balaban J connectivity index is 2.18. The number of rotatable bonds is 1. The predicted octanol–water partition coefficient (Wildman–Crippen LogP) is 0.323. The van der Waals surface area contributed by atoms with Crippen molar-refractivity contribution in [3.05, 3.63) is 5.82 Å². The van der Waals surface area contributed by atoms with Crippen LogP contribution in [0, 0.1) is 5.92 Å². The molecule has 0 aliphatic heterocycles. The highest BCUT2D eigenvalue weighted by Gasteiger charge is 2.37. The average molecular weight is 124 g/mol. The van der Waals surface area contributed by atoms with Crippen LogP contribution in [0.15, 0.2) is 0 Å². The van der Waals surface area contributed by atoms with Gasteiger partial charge >= 0.3 is 0 Å². The van der Waals surface area contributed by atoms with Gasteiger partial charge in [-0.05, 0) is 12.3 Å². The highest BCUT2D eigenvalue weighted by molar-refractivity contribution is 5.04. The smallest absolute Gasteiger partial charge is 0.177 e. The predicted molar refractivity (Wildman–Crippen MR) is 30.7 cm³/mol. The summed E-state index contributed by atoms with van der Waals surface area (Å²) >= 11 is 0. The Kier molecular flexibility index (Phi) is 0.831. The highest BCUT2D eigenvalue weighted by atomic mass is 15.5. The third kappa shape index (κ3) is 0.704. The number of tetrazole rings is 1. The number of hydrogen-bond acceptors (Lipinski definition) is 3. The van der Waals surface area contributed by atoms with Crippen molar-refractivity contribution in [2.75, 3.05) is 0 Å². The van der Waals surface area contributed by atoms with Crippen molar-refractivity contribution in [3.63, 3.8) is 0 Å². The van der Waals surface area contributed by atoms with Crippen LogP contribution in [0.1, 0.15) is 25.1 Å². The van der Waals surface area contributed by atoms with Gasteiger partial charge in [0, 0.05) is 5.92 Å². The number of H-pyrrole nitrogens is 1. The first kappa shape index (κ1) is 4.90. The summed E-state index contributed by atoms with van der Waals surface area (Å²) in [5.41, 5.74) is 0. The maximum atomic E-state index is 3.88. The molecule has 0 amide bonds. The topological polar surface area (TPSA) is 54.5 Å². The third-order valence-corrected chi connectivity index (χ3v) is 1.80. The molecule has 2 atom stereocenters. The van der Waals surface area contributed by atoms with Gasteiger partial charge in [0.15, 0.2) is 5.82 Å². The second-order valence-electron chi connectivity index (χ2n) is 2.59. The summed E-state index contributed by atoms with van der Waals surface area (Å²) in [5.74, 6) is 2.23. The minimum Gasteiger partial charge on any atom is -0.177 e. The van der Waals surface area contributed by atoms with Gasteiger partial charge in [0.25, 0.3) is 0 Å². The first-order valence-electron chi connectivity index (χ1n) is 3.11. The second-order valence-corrected chi connectivity index (χ2v) is 2.59. The number of aromatic nitrogens is 4. The zero-order valence-corrected chi connectivity index (χ0v) is 5.20. The fourth-order valence-electron chi connectivity index (χ4n) is 1.01. The lowest BCUT2D eigenvalue weighted by molar-refractivity contribution is 0.847. The van der Waals surface area contributed by atoms with E-state index >= 15 is 0 Å². The molecule has 1 aliphatic rings. The van der Waals surface area contributed by atoms with E-state index in [-0.39, 0.29) is 0 Å². The summed E-state index contributed by atoms with van der Waals surface area (Å²) in [4.78, 5) is 0. The molecule has 1 heterocycles. The number of nitrogens with zero attached hydrogens (tertiary/aromatic N) is 3. The zero-order valence-electron chi connectivity index (χ0n) is 5.20. The Labute approximate surface area is 52.7 Å². The van der Waals surface area contributed by atoms with Crippen LogP contribution in [0.3, 0.4) is 0 Å². The summed E-state index contributed by atoms with van der Waals surface area (Å²) in [6, 6.07) is 0. The van der Waals surface area contributed by atoms with E-state index in [2.05, 4.69) is 27.5 Å². The molecule has 48 valence electrons. The van der Waals surface area contributed by atoms with E-state index in [0.717, 1.165) is 11.7 Å². The molecular formula is C5H8N4. The van der Waals surface area contributed by atoms with Crippen molar-refractivity contribution in [2.24, 2.45) is 5.92 Å². The van der Waals surface area contributed by atoms with E-state index in [1.807, 2.05) is 0 Å². The Bertz CT molecular complexity index is 193. The van der Waals surface area contributed by atoms with E-state index in [1.54, 1.807) is 0 Å². The fourth-order valence-corrected chi connectivity index (χ4v) is 1.01. The van der Waals surface area contributed by atoms with E-state index < -0.39 is 0 Å². The normalized spacial score (nSPS) is 32.6. The molecule has 1 aliphatic carbocycles. The molecule has 0 aromatic carbocycles. The first-order valence-corrected chi connectivity index (χ1v) is 3.11. The van der Waals surface area contributed by atoms with Crippen molar-refractivity contribution in [1.82, 2.24) is 20.6 Å². The molecule has 4 heteroatoms. The van der Waals surface area contributed by atoms with Gasteiger partial charge in [0.2, 0.25) is 0 Å². The summed E-state index contributed by atoms with van der Waals surface area (Å²) in [7, 11) is 0. The van der Waals surface area contributed by atoms with Crippen molar-refractivity contribution < 1.29 is 0 Å². The minimum atomic E-state index is 0.587. The molecule has 2 rings (SSSR count). The molecule has 0 spiro atoms. The molecule has 1 saturated carbocycles. The van der Waals surface area contributed by atoms with Gasteiger partial charge in [-0.2, -0.15) is 5.21 Å². The first-order chi connectivity index (χ1) is 4.38. The van der Waals surface area contributed by atoms with Gasteiger partial charge in [-0.1, -0.05) is 12.1 Å². The van der Waals surface area contributed by atoms with Gasteiger partial charge in [-0.15, -0.1) is 10.2 Å². The minimum absolute atomic E-state index is 0.587. The lowest BCUT2D eigenvalue weighted by Gasteiger charge is -1.80. The maximum absolute atomic E-state index is 3.88. The summed E-state index contributed by atoms with van der Waals surface area (Å²) < 4.78 is 0. The number of aromatic amines is 1. The van der Waals surface area contributed by atoms with E-state index in [0.29, 0.717) is 5.92 Å². The van der Waals surface area contributed by atoms with Gasteiger partial charge < -0.3 is 0 Å². The van der Waals surface area contributed by atoms with Crippen molar-refractivity contribution in [3.8, 4) is 0 Å². The molecule has 0 saturated heterocycles. The Morgan fingerprint density at radius 2 is 2.44 bits per heavy atom. The number of nitrogens with one attached hydrogen (secondary N) is 1. The zero-order chi connectivity index (χ0) is 6.27. The van der Waals surface area contributed by atoms with Crippen molar-refractivity contribution in [1.29, 1.82) is 0 Å². The van der Waals surface area contributed by atoms with Gasteiger partial charge in [0.1, 0.15) is 0 Å². The van der Waals surface area contributed by atoms with Crippen molar-refractivity contribution in [2.45, 2.75) is 19.3 Å². The van der Waals surface area contributed by atoms with Gasteiger partial charge in [-0.3, -0.25) is 0 Å². The van der Waals surface area contributed by atoms with Gasteiger partial charge in [0.05, 0.1) is 0 Å². The molecule has 0 radical (unpaired) electrons. The van der Waals surface area contributed by atoms with Crippen LogP contribution in [-0.2, 0) is 0 Å². The Morgan fingerprint density at radius 1 is 1.67 bits per heavy atom. The number of hydrogen-bond donors (Lipinski definition) is 1. The van der Waals surface area contributed by atoms with Crippen LogP contribution in [0.25, 0.3) is 0 Å². The molecule has 0 unspecified atom stereocenters. The molecule has 0 bridgehead atoms. The second kappa shape index (κ2) is 1.52. The fraction of sp³-hybridized carbons (Fsp3) is 0.800.